The van der Waals surface area contributed by atoms with Gasteiger partial charge in [-0.25, -0.2) is 0 Å². The second-order valence-corrected chi connectivity index (χ2v) is 4.70. The molecule has 0 saturated heterocycles. The molecule has 0 aliphatic heterocycles. The highest BCUT2D eigenvalue weighted by molar-refractivity contribution is 5.57. The van der Waals surface area contributed by atoms with Crippen molar-refractivity contribution in [3.63, 3.8) is 0 Å². The van der Waals surface area contributed by atoms with Crippen molar-refractivity contribution in [2.45, 2.75) is 6.54 Å². The summed E-state index contributed by atoms with van der Waals surface area (Å²) >= 11 is 0. The van der Waals surface area contributed by atoms with Crippen LogP contribution in [0.3, 0.4) is 0 Å². The number of methoxy groups -OCH3 is 1. The molecule has 0 unspecified atom stereocenters. The van der Waals surface area contributed by atoms with Gasteiger partial charge in [-0.2, -0.15) is 0 Å². The number of nitrogens with zero attached hydrogens (tertiary/aromatic N) is 2. The summed E-state index contributed by atoms with van der Waals surface area (Å²) < 4.78 is 5.33. The molecule has 1 aromatic heterocycles. The van der Waals surface area contributed by atoms with Gasteiger partial charge in [-0.05, 0) is 24.7 Å². The van der Waals surface area contributed by atoms with Gasteiger partial charge in [-0.3, -0.25) is 9.88 Å². The molecule has 0 radical (unpaired) electrons. The van der Waals surface area contributed by atoms with Gasteiger partial charge in [-0.15, -0.1) is 0 Å². The van der Waals surface area contributed by atoms with Crippen molar-refractivity contribution in [2.75, 3.05) is 20.7 Å². The zero-order chi connectivity index (χ0) is 14.2. The molecule has 2 aromatic rings. The normalized spacial score (nSPS) is 11.2. The van der Waals surface area contributed by atoms with Crippen LogP contribution < -0.4 is 4.74 Å². The Morgan fingerprint density at radius 3 is 2.80 bits per heavy atom. The molecule has 0 fully saturated rings. The Morgan fingerprint density at radius 2 is 2.05 bits per heavy atom. The molecule has 0 bridgehead atoms. The Morgan fingerprint density at radius 1 is 1.20 bits per heavy atom. The van der Waals surface area contributed by atoms with Gasteiger partial charge < -0.3 is 4.74 Å². The summed E-state index contributed by atoms with van der Waals surface area (Å²) in [5.74, 6) is 0.902. The van der Waals surface area contributed by atoms with E-state index >= 15 is 0 Å². The third-order valence-electron chi connectivity index (χ3n) is 3.03. The Labute approximate surface area is 120 Å². The molecule has 1 heterocycles. The molecule has 104 valence electrons. The van der Waals surface area contributed by atoms with E-state index in [1.807, 2.05) is 30.5 Å². The second kappa shape index (κ2) is 7.46. The van der Waals surface area contributed by atoms with Crippen LogP contribution in [0.15, 0.2) is 54.9 Å². The second-order valence-electron chi connectivity index (χ2n) is 4.70. The Kier molecular flexibility index (Phi) is 5.33. The largest absolute Gasteiger partial charge is 0.496 e. The summed E-state index contributed by atoms with van der Waals surface area (Å²) in [7, 11) is 3.79. The molecule has 1 aromatic carbocycles. The lowest BCUT2D eigenvalue weighted by Crippen LogP contribution is -2.17. The number of hydrogen-bond donors (Lipinski definition) is 0. The quantitative estimate of drug-likeness (QED) is 0.804. The number of benzene rings is 1. The summed E-state index contributed by atoms with van der Waals surface area (Å²) in [4.78, 5) is 6.37. The monoisotopic (exact) mass is 268 g/mol. The average molecular weight is 268 g/mol. The lowest BCUT2D eigenvalue weighted by molar-refractivity contribution is 0.363. The predicted octanol–water partition coefficient (Wildman–Crippen LogP) is 3.24. The summed E-state index contributed by atoms with van der Waals surface area (Å²) in [6, 6.07) is 12.1. The van der Waals surface area contributed by atoms with E-state index in [0.29, 0.717) is 0 Å². The maximum Gasteiger partial charge on any atom is 0.126 e. The van der Waals surface area contributed by atoms with Crippen LogP contribution in [0.4, 0.5) is 0 Å². The molecule has 20 heavy (non-hydrogen) atoms. The molecular weight excluding hydrogens is 248 g/mol. The maximum absolute atomic E-state index is 5.33. The standard InChI is InChI=1S/C17H20N2O/c1-19(14-15-7-5-11-18-13-15)12-6-9-16-8-3-4-10-17(16)20-2/h3-11,13H,12,14H2,1-2H3. The first-order chi connectivity index (χ1) is 9.79. The lowest BCUT2D eigenvalue weighted by atomic mass is 10.2. The molecule has 3 heteroatoms. The van der Waals surface area contributed by atoms with Gasteiger partial charge in [0.15, 0.2) is 0 Å². The highest BCUT2D eigenvalue weighted by Crippen LogP contribution is 2.18. The third-order valence-corrected chi connectivity index (χ3v) is 3.03. The molecule has 0 amide bonds. The lowest BCUT2D eigenvalue weighted by Gasteiger charge is -2.14. The predicted molar refractivity (Wildman–Crippen MR) is 82.6 cm³/mol. The molecule has 0 N–H and O–H groups in total. The van der Waals surface area contributed by atoms with Gasteiger partial charge in [0.2, 0.25) is 0 Å². The highest BCUT2D eigenvalue weighted by Gasteiger charge is 1.99. The summed E-state index contributed by atoms with van der Waals surface area (Å²) in [6.45, 7) is 1.77. The van der Waals surface area contributed by atoms with Crippen LogP contribution in [0.25, 0.3) is 6.08 Å². The first-order valence-corrected chi connectivity index (χ1v) is 6.66. The maximum atomic E-state index is 5.33. The minimum absolute atomic E-state index is 0.882. The Hall–Kier alpha value is -2.13. The fourth-order valence-corrected chi connectivity index (χ4v) is 2.03. The summed E-state index contributed by atoms with van der Waals surface area (Å²) in [5.41, 5.74) is 2.32. The SMILES string of the molecule is COc1ccccc1C=CCN(C)Cc1cccnc1. The molecule has 0 spiro atoms. The van der Waals surface area contributed by atoms with Crippen LogP contribution in [0, 0.1) is 0 Å². The minimum Gasteiger partial charge on any atom is -0.496 e. The van der Waals surface area contributed by atoms with Gasteiger partial charge in [0.1, 0.15) is 5.75 Å². The number of ether oxygens (including phenoxy) is 1. The van der Waals surface area contributed by atoms with Gasteiger partial charge in [0.05, 0.1) is 7.11 Å². The zero-order valence-corrected chi connectivity index (χ0v) is 12.0. The van der Waals surface area contributed by atoms with E-state index in [-0.39, 0.29) is 0 Å². The highest BCUT2D eigenvalue weighted by atomic mass is 16.5. The van der Waals surface area contributed by atoms with Crippen molar-refractivity contribution in [1.29, 1.82) is 0 Å². The van der Waals surface area contributed by atoms with E-state index in [1.165, 1.54) is 5.56 Å². The number of rotatable bonds is 6. The third kappa shape index (κ3) is 4.21. The first kappa shape index (κ1) is 14.3. The summed E-state index contributed by atoms with van der Waals surface area (Å²) in [6.07, 6.45) is 7.94. The molecule has 0 saturated carbocycles. The molecule has 2 rings (SSSR count). The molecule has 3 nitrogen and oxygen atoms in total. The Balaban J connectivity index is 1.89. The van der Waals surface area contributed by atoms with E-state index in [1.54, 1.807) is 13.3 Å². The molecule has 0 atom stereocenters. The van der Waals surface area contributed by atoms with E-state index in [9.17, 15) is 0 Å². The van der Waals surface area contributed by atoms with E-state index < -0.39 is 0 Å². The van der Waals surface area contributed by atoms with Crippen molar-refractivity contribution in [3.8, 4) is 5.75 Å². The van der Waals surface area contributed by atoms with Gasteiger partial charge in [-0.1, -0.05) is 36.4 Å². The van der Waals surface area contributed by atoms with Crippen molar-refractivity contribution < 1.29 is 4.74 Å². The zero-order valence-electron chi connectivity index (χ0n) is 12.0. The number of para-hydroxylation sites is 1. The van der Waals surface area contributed by atoms with E-state index in [4.69, 9.17) is 4.74 Å². The van der Waals surface area contributed by atoms with Crippen molar-refractivity contribution >= 4 is 6.08 Å². The number of pyridine rings is 1. The number of hydrogen-bond acceptors (Lipinski definition) is 3. The van der Waals surface area contributed by atoms with Crippen molar-refractivity contribution in [2.24, 2.45) is 0 Å². The van der Waals surface area contributed by atoms with Crippen LogP contribution in [0.5, 0.6) is 5.75 Å². The van der Waals surface area contributed by atoms with Crippen LogP contribution in [-0.4, -0.2) is 30.6 Å². The smallest absolute Gasteiger partial charge is 0.126 e. The van der Waals surface area contributed by atoms with E-state index in [0.717, 1.165) is 24.4 Å². The van der Waals surface area contributed by atoms with Gasteiger partial charge in [0, 0.05) is 31.0 Å². The van der Waals surface area contributed by atoms with Crippen LogP contribution >= 0.6 is 0 Å². The molecule has 0 aliphatic carbocycles. The van der Waals surface area contributed by atoms with E-state index in [2.05, 4.69) is 41.2 Å². The van der Waals surface area contributed by atoms with Crippen LogP contribution in [0.2, 0.25) is 0 Å². The fourth-order valence-electron chi connectivity index (χ4n) is 2.03. The molecular formula is C17H20N2O. The van der Waals surface area contributed by atoms with Gasteiger partial charge in [0.25, 0.3) is 0 Å². The topological polar surface area (TPSA) is 25.4 Å². The van der Waals surface area contributed by atoms with Gasteiger partial charge >= 0.3 is 0 Å². The van der Waals surface area contributed by atoms with Crippen LogP contribution in [-0.2, 0) is 6.54 Å². The van der Waals surface area contributed by atoms with Crippen LogP contribution in [0.1, 0.15) is 11.1 Å². The molecule has 0 aliphatic rings. The van der Waals surface area contributed by atoms with Crippen molar-refractivity contribution in [1.82, 2.24) is 9.88 Å². The number of aromatic nitrogens is 1. The summed E-state index contributed by atoms with van der Waals surface area (Å²) in [5, 5.41) is 0. The minimum atomic E-state index is 0.882. The Bertz CT molecular complexity index is 552. The first-order valence-electron chi connectivity index (χ1n) is 6.66. The average Bonchev–Trinajstić information content (AvgIpc) is 2.49. The number of likely N-dealkylation sites (N-methyl/N-ethyl adjacent to an activating group) is 1. The van der Waals surface area contributed by atoms with Crippen molar-refractivity contribution in [3.05, 3.63) is 66.0 Å². The fraction of sp³-hybridized carbons (Fsp3) is 0.235.